The number of rotatable bonds is 6. The first-order valence-electron chi connectivity index (χ1n) is 5.00. The van der Waals surface area contributed by atoms with Gasteiger partial charge >= 0.3 is 5.97 Å². The summed E-state index contributed by atoms with van der Waals surface area (Å²) in [4.78, 5) is 10.6. The van der Waals surface area contributed by atoms with Gasteiger partial charge in [-0.1, -0.05) is 0 Å². The summed E-state index contributed by atoms with van der Waals surface area (Å²) in [6.45, 7) is 2.38. The quantitative estimate of drug-likeness (QED) is 0.720. The summed E-state index contributed by atoms with van der Waals surface area (Å²) in [6.07, 6.45) is 1.17. The van der Waals surface area contributed by atoms with Crippen molar-refractivity contribution in [3.8, 4) is 0 Å². The molecule has 0 unspecified atom stereocenters. The van der Waals surface area contributed by atoms with Crippen LogP contribution >= 0.6 is 0 Å². The molecule has 0 spiro atoms. The largest absolute Gasteiger partial charge is 0.475 e. The van der Waals surface area contributed by atoms with Crippen LogP contribution in [-0.2, 0) is 16.4 Å². The number of aryl methyl sites for hydroxylation is 1. The molecule has 0 aliphatic carbocycles. The molecule has 0 saturated heterocycles. The summed E-state index contributed by atoms with van der Waals surface area (Å²) in [6, 6.07) is 1.44. The van der Waals surface area contributed by atoms with Crippen molar-refractivity contribution < 1.29 is 22.7 Å². The molecule has 1 heterocycles. The van der Waals surface area contributed by atoms with Crippen LogP contribution < -0.4 is 5.32 Å². The van der Waals surface area contributed by atoms with Gasteiger partial charge in [-0.3, -0.25) is 0 Å². The molecular weight excluding hydrogens is 246 g/mol. The number of hydrogen-bond donors (Lipinski definition) is 2. The highest BCUT2D eigenvalue weighted by molar-refractivity contribution is 7.90. The fourth-order valence-electron chi connectivity index (χ4n) is 1.28. The molecule has 1 aromatic heterocycles. The highest BCUT2D eigenvalue weighted by atomic mass is 32.2. The Balaban J connectivity index is 2.50. The predicted molar refractivity (Wildman–Crippen MR) is 61.8 cm³/mol. The molecule has 1 rings (SSSR count). The maximum atomic E-state index is 10.9. The monoisotopic (exact) mass is 261 g/mol. The molecule has 17 heavy (non-hydrogen) atoms. The topological polar surface area (TPSA) is 96.6 Å². The van der Waals surface area contributed by atoms with Crippen LogP contribution in [-0.4, -0.2) is 38.0 Å². The summed E-state index contributed by atoms with van der Waals surface area (Å²) in [7, 11) is -2.98. The predicted octanol–water partition coefficient (Wildman–Crippen LogP) is 0.420. The molecule has 0 aliphatic rings. The Morgan fingerprint density at radius 3 is 2.65 bits per heavy atom. The normalized spacial score (nSPS) is 11.6. The lowest BCUT2D eigenvalue weighted by atomic mass is 10.2. The number of nitrogens with one attached hydrogen (secondary N) is 1. The van der Waals surface area contributed by atoms with Gasteiger partial charge < -0.3 is 14.8 Å². The van der Waals surface area contributed by atoms with Crippen molar-refractivity contribution in [1.82, 2.24) is 5.32 Å². The number of carboxylic acids is 1. The fraction of sp³-hybridized carbons (Fsp3) is 0.500. The van der Waals surface area contributed by atoms with Gasteiger partial charge in [0.15, 0.2) is 0 Å². The first kappa shape index (κ1) is 13.7. The molecule has 96 valence electrons. The van der Waals surface area contributed by atoms with Gasteiger partial charge in [-0.2, -0.15) is 0 Å². The fourth-order valence-corrected chi connectivity index (χ4v) is 1.80. The van der Waals surface area contributed by atoms with Crippen LogP contribution in [0, 0.1) is 6.92 Å². The van der Waals surface area contributed by atoms with Crippen molar-refractivity contribution in [2.75, 3.05) is 18.6 Å². The van der Waals surface area contributed by atoms with E-state index < -0.39 is 15.8 Å². The average molecular weight is 261 g/mol. The minimum absolute atomic E-state index is 0.0513. The van der Waals surface area contributed by atoms with E-state index in [1.807, 2.05) is 0 Å². The van der Waals surface area contributed by atoms with Crippen molar-refractivity contribution in [3.05, 3.63) is 23.2 Å². The third kappa shape index (κ3) is 4.58. The molecule has 7 heteroatoms. The summed E-state index contributed by atoms with van der Waals surface area (Å²) in [5, 5.41) is 11.6. The van der Waals surface area contributed by atoms with E-state index in [1.54, 1.807) is 6.92 Å². The second-order valence-electron chi connectivity index (χ2n) is 3.80. The third-order valence-corrected chi connectivity index (χ3v) is 3.14. The van der Waals surface area contributed by atoms with Gasteiger partial charge in [-0.05, 0) is 13.0 Å². The van der Waals surface area contributed by atoms with E-state index in [-0.39, 0.29) is 11.5 Å². The molecule has 0 saturated carbocycles. The van der Waals surface area contributed by atoms with Gasteiger partial charge in [0.1, 0.15) is 15.6 Å². The molecule has 0 bridgehead atoms. The molecule has 6 nitrogen and oxygen atoms in total. The van der Waals surface area contributed by atoms with Crippen LogP contribution in [0.4, 0.5) is 0 Å². The second-order valence-corrected chi connectivity index (χ2v) is 6.06. The Morgan fingerprint density at radius 2 is 2.18 bits per heavy atom. The van der Waals surface area contributed by atoms with Crippen molar-refractivity contribution in [1.29, 1.82) is 0 Å². The van der Waals surface area contributed by atoms with E-state index in [1.165, 1.54) is 12.3 Å². The molecule has 0 aromatic carbocycles. The van der Waals surface area contributed by atoms with Crippen molar-refractivity contribution in [2.24, 2.45) is 0 Å². The Hall–Kier alpha value is -1.34. The van der Waals surface area contributed by atoms with Crippen molar-refractivity contribution >= 4 is 15.8 Å². The van der Waals surface area contributed by atoms with Gasteiger partial charge in [0.25, 0.3) is 0 Å². The summed E-state index contributed by atoms with van der Waals surface area (Å²) >= 11 is 0. The lowest BCUT2D eigenvalue weighted by Gasteiger charge is -2.02. The molecule has 2 N–H and O–H groups in total. The van der Waals surface area contributed by atoms with Crippen LogP contribution in [0.1, 0.15) is 21.9 Å². The van der Waals surface area contributed by atoms with Crippen LogP contribution in [0.5, 0.6) is 0 Å². The zero-order valence-electron chi connectivity index (χ0n) is 9.69. The number of carboxylic acid groups (broad SMARTS) is 1. The van der Waals surface area contributed by atoms with Crippen LogP contribution in [0.25, 0.3) is 0 Å². The Morgan fingerprint density at radius 1 is 1.53 bits per heavy atom. The van der Waals surface area contributed by atoms with Gasteiger partial charge in [0, 0.05) is 24.9 Å². The molecule has 0 amide bonds. The first-order valence-corrected chi connectivity index (χ1v) is 7.06. The van der Waals surface area contributed by atoms with Crippen molar-refractivity contribution in [2.45, 2.75) is 13.5 Å². The maximum absolute atomic E-state index is 10.9. The number of furan rings is 1. The van der Waals surface area contributed by atoms with Gasteiger partial charge in [0.2, 0.25) is 5.76 Å². The molecule has 0 aliphatic heterocycles. The van der Waals surface area contributed by atoms with Crippen LogP contribution in [0.2, 0.25) is 0 Å². The van der Waals surface area contributed by atoms with E-state index >= 15 is 0 Å². The Kier molecular flexibility index (Phi) is 4.30. The number of hydrogen-bond acceptors (Lipinski definition) is 5. The number of carbonyl (C=O) groups is 1. The zero-order valence-corrected chi connectivity index (χ0v) is 10.5. The molecule has 0 atom stereocenters. The highest BCUT2D eigenvalue weighted by Gasteiger charge is 2.12. The van der Waals surface area contributed by atoms with Crippen LogP contribution in [0.3, 0.4) is 0 Å². The Labute approximate surface area is 99.5 Å². The number of sulfone groups is 1. The Bertz CT molecular complexity index is 503. The smallest absolute Gasteiger partial charge is 0.371 e. The van der Waals surface area contributed by atoms with Crippen LogP contribution in [0.15, 0.2) is 10.5 Å². The molecule has 0 fully saturated rings. The molecule has 1 aromatic rings. The minimum atomic E-state index is -2.98. The van der Waals surface area contributed by atoms with Gasteiger partial charge in [-0.25, -0.2) is 13.2 Å². The van der Waals surface area contributed by atoms with E-state index in [9.17, 15) is 13.2 Å². The van der Waals surface area contributed by atoms with E-state index in [0.717, 1.165) is 5.56 Å². The van der Waals surface area contributed by atoms with Gasteiger partial charge in [0.05, 0.1) is 5.75 Å². The van der Waals surface area contributed by atoms with E-state index in [4.69, 9.17) is 9.52 Å². The number of aromatic carboxylic acids is 1. The average Bonchev–Trinajstić information content (AvgIpc) is 2.54. The summed E-state index contributed by atoms with van der Waals surface area (Å²) < 4.78 is 26.7. The lowest BCUT2D eigenvalue weighted by molar-refractivity contribution is 0.0661. The molecule has 0 radical (unpaired) electrons. The zero-order chi connectivity index (χ0) is 13.1. The summed E-state index contributed by atoms with van der Waals surface area (Å²) in [5.41, 5.74) is 0.718. The summed E-state index contributed by atoms with van der Waals surface area (Å²) in [5.74, 6) is -0.650. The van der Waals surface area contributed by atoms with Gasteiger partial charge in [-0.15, -0.1) is 0 Å². The SMILES string of the molecule is Cc1oc(C(=O)O)cc1CNCCS(C)(=O)=O. The van der Waals surface area contributed by atoms with E-state index in [2.05, 4.69) is 5.32 Å². The first-order chi connectivity index (χ1) is 7.79. The minimum Gasteiger partial charge on any atom is -0.475 e. The van der Waals surface area contributed by atoms with Crippen molar-refractivity contribution in [3.63, 3.8) is 0 Å². The maximum Gasteiger partial charge on any atom is 0.371 e. The molecular formula is C10H15NO5S. The van der Waals surface area contributed by atoms with E-state index in [0.29, 0.717) is 18.8 Å². The third-order valence-electron chi connectivity index (χ3n) is 2.20. The highest BCUT2D eigenvalue weighted by Crippen LogP contribution is 2.14. The standard InChI is InChI=1S/C10H15NO5S/c1-7-8(5-9(16-7)10(12)13)6-11-3-4-17(2,14)15/h5,11H,3-4,6H2,1-2H3,(H,12,13). The lowest BCUT2D eigenvalue weighted by Crippen LogP contribution is -2.22. The second kappa shape index (κ2) is 5.33.